The molecule has 3 aliphatic rings. The van der Waals surface area contributed by atoms with Crippen LogP contribution in [-0.2, 0) is 6.54 Å². The highest BCUT2D eigenvalue weighted by Gasteiger charge is 2.34. The van der Waals surface area contributed by atoms with Gasteiger partial charge in [0.05, 0.1) is 0 Å². The highest BCUT2D eigenvalue weighted by atomic mass is 16.2. The molecule has 0 aliphatic carbocycles. The van der Waals surface area contributed by atoms with Crippen molar-refractivity contribution >= 4 is 5.91 Å². The molecule has 1 N–H and O–H groups in total. The molecule has 3 aliphatic heterocycles. The van der Waals surface area contributed by atoms with E-state index in [-0.39, 0.29) is 5.91 Å². The zero-order valence-electron chi connectivity index (χ0n) is 18.0. The molecule has 2 aromatic carbocycles. The average molecular weight is 404 g/mol. The first-order valence-electron chi connectivity index (χ1n) is 11.6. The Balaban J connectivity index is 1.24. The molecule has 2 aromatic rings. The topological polar surface area (TPSA) is 35.6 Å². The summed E-state index contributed by atoms with van der Waals surface area (Å²) in [5.41, 5.74) is 5.00. The van der Waals surface area contributed by atoms with Gasteiger partial charge in [0, 0.05) is 30.7 Å². The van der Waals surface area contributed by atoms with Gasteiger partial charge in [0.1, 0.15) is 0 Å². The maximum absolute atomic E-state index is 12.9. The first-order valence-corrected chi connectivity index (χ1v) is 11.6. The summed E-state index contributed by atoms with van der Waals surface area (Å²) >= 11 is 0. The number of amides is 1. The monoisotopic (exact) mass is 403 g/mol. The molecule has 0 aromatic heterocycles. The molecule has 2 fully saturated rings. The number of likely N-dealkylation sites (tertiary alicyclic amines) is 1. The van der Waals surface area contributed by atoms with Crippen LogP contribution in [0.1, 0.15) is 71.6 Å². The first kappa shape index (κ1) is 19.8. The van der Waals surface area contributed by atoms with E-state index in [9.17, 15) is 4.79 Å². The van der Waals surface area contributed by atoms with Gasteiger partial charge in [-0.1, -0.05) is 42.5 Å². The van der Waals surface area contributed by atoms with E-state index in [1.165, 1.54) is 29.5 Å². The Labute approximate surface area is 180 Å². The molecule has 5 rings (SSSR count). The fraction of sp³-hybridized carbons (Fsp3) is 0.500. The SMILES string of the molecule is C[C@H](c1ccccc1)N1CCC(c2ccc3c(c2)CN(C2CCCNC2)C3=O)CC1. The lowest BCUT2D eigenvalue weighted by molar-refractivity contribution is 0.0674. The minimum Gasteiger partial charge on any atom is -0.330 e. The molecule has 3 heterocycles. The van der Waals surface area contributed by atoms with Crippen molar-refractivity contribution in [3.05, 3.63) is 70.8 Å². The Bertz CT molecular complexity index is 882. The minimum atomic E-state index is 0.233. The van der Waals surface area contributed by atoms with Crippen LogP contribution in [0.4, 0.5) is 0 Å². The van der Waals surface area contributed by atoms with Gasteiger partial charge in [-0.05, 0) is 80.9 Å². The van der Waals surface area contributed by atoms with Crippen LogP contribution in [0.3, 0.4) is 0 Å². The molecule has 30 heavy (non-hydrogen) atoms. The molecule has 1 unspecified atom stereocenters. The zero-order valence-corrected chi connectivity index (χ0v) is 18.0. The normalized spacial score (nSPS) is 24.1. The fourth-order valence-corrected chi connectivity index (χ4v) is 5.57. The molecule has 4 heteroatoms. The number of benzene rings is 2. The van der Waals surface area contributed by atoms with Crippen LogP contribution < -0.4 is 5.32 Å². The van der Waals surface area contributed by atoms with Crippen LogP contribution >= 0.6 is 0 Å². The molecule has 1 amide bonds. The molecule has 2 saturated heterocycles. The van der Waals surface area contributed by atoms with Gasteiger partial charge in [-0.25, -0.2) is 0 Å². The van der Waals surface area contributed by atoms with Gasteiger partial charge in [-0.2, -0.15) is 0 Å². The lowest BCUT2D eigenvalue weighted by atomic mass is 9.87. The van der Waals surface area contributed by atoms with E-state index in [0.29, 0.717) is 18.0 Å². The number of rotatable bonds is 4. The van der Waals surface area contributed by atoms with Crippen molar-refractivity contribution in [1.29, 1.82) is 0 Å². The van der Waals surface area contributed by atoms with Crippen molar-refractivity contribution in [3.8, 4) is 0 Å². The summed E-state index contributed by atoms with van der Waals surface area (Å²) in [5.74, 6) is 0.840. The number of nitrogens with one attached hydrogen (secondary N) is 1. The van der Waals surface area contributed by atoms with Gasteiger partial charge in [-0.3, -0.25) is 9.69 Å². The van der Waals surface area contributed by atoms with E-state index >= 15 is 0 Å². The summed E-state index contributed by atoms with van der Waals surface area (Å²) in [5, 5.41) is 3.45. The Morgan fingerprint density at radius 1 is 1.03 bits per heavy atom. The lowest BCUT2D eigenvalue weighted by Gasteiger charge is -2.36. The minimum absolute atomic E-state index is 0.233. The first-order chi connectivity index (χ1) is 14.7. The van der Waals surface area contributed by atoms with E-state index in [1.54, 1.807) is 0 Å². The van der Waals surface area contributed by atoms with E-state index in [2.05, 4.69) is 70.6 Å². The molecule has 0 radical (unpaired) electrons. The van der Waals surface area contributed by atoms with Gasteiger partial charge < -0.3 is 10.2 Å². The van der Waals surface area contributed by atoms with Crippen LogP contribution in [0.5, 0.6) is 0 Å². The van der Waals surface area contributed by atoms with Crippen molar-refractivity contribution in [2.75, 3.05) is 26.2 Å². The smallest absolute Gasteiger partial charge is 0.254 e. The second-order valence-corrected chi connectivity index (χ2v) is 9.25. The standard InChI is InChI=1S/C26H33N3O/c1-19(20-6-3-2-4-7-20)28-14-11-21(12-15-28)22-9-10-25-23(16-22)18-29(26(25)30)24-8-5-13-27-17-24/h2-4,6-7,9-10,16,19,21,24,27H,5,8,11-15,17-18H2,1H3/t19-,24?/m1/s1. The summed E-state index contributed by atoms with van der Waals surface area (Å²) in [6.07, 6.45) is 4.67. The Hall–Kier alpha value is -2.17. The molecule has 0 bridgehead atoms. The zero-order chi connectivity index (χ0) is 20.5. The van der Waals surface area contributed by atoms with E-state index in [0.717, 1.165) is 51.1 Å². The molecule has 158 valence electrons. The average Bonchev–Trinajstić information content (AvgIpc) is 3.15. The van der Waals surface area contributed by atoms with E-state index < -0.39 is 0 Å². The lowest BCUT2D eigenvalue weighted by Crippen LogP contribution is -2.46. The Kier molecular flexibility index (Phi) is 5.62. The largest absolute Gasteiger partial charge is 0.330 e. The van der Waals surface area contributed by atoms with Gasteiger partial charge >= 0.3 is 0 Å². The predicted molar refractivity (Wildman–Crippen MR) is 121 cm³/mol. The number of hydrogen-bond acceptors (Lipinski definition) is 3. The van der Waals surface area contributed by atoms with Crippen molar-refractivity contribution in [1.82, 2.24) is 15.1 Å². The van der Waals surface area contributed by atoms with Crippen LogP contribution in [0.15, 0.2) is 48.5 Å². The van der Waals surface area contributed by atoms with E-state index in [4.69, 9.17) is 0 Å². The highest BCUT2D eigenvalue weighted by molar-refractivity contribution is 5.98. The van der Waals surface area contributed by atoms with Crippen LogP contribution in [-0.4, -0.2) is 47.9 Å². The van der Waals surface area contributed by atoms with Gasteiger partial charge in [-0.15, -0.1) is 0 Å². The number of carbonyl (C=O) groups is 1. The quantitative estimate of drug-likeness (QED) is 0.825. The second-order valence-electron chi connectivity index (χ2n) is 9.25. The number of nitrogens with zero attached hydrogens (tertiary/aromatic N) is 2. The van der Waals surface area contributed by atoms with Gasteiger partial charge in [0.15, 0.2) is 0 Å². The second kappa shape index (κ2) is 8.52. The third-order valence-corrected chi connectivity index (χ3v) is 7.50. The van der Waals surface area contributed by atoms with E-state index in [1.807, 2.05) is 0 Å². The maximum atomic E-state index is 12.9. The molecular weight excluding hydrogens is 370 g/mol. The van der Waals surface area contributed by atoms with Crippen LogP contribution in [0.2, 0.25) is 0 Å². The number of piperidine rings is 2. The van der Waals surface area contributed by atoms with Crippen molar-refractivity contribution in [2.45, 2.75) is 57.2 Å². The van der Waals surface area contributed by atoms with Crippen molar-refractivity contribution in [3.63, 3.8) is 0 Å². The third-order valence-electron chi connectivity index (χ3n) is 7.50. The molecule has 0 saturated carbocycles. The molecule has 0 spiro atoms. The molecular formula is C26H33N3O. The third kappa shape index (κ3) is 3.79. The van der Waals surface area contributed by atoms with Crippen molar-refractivity contribution in [2.24, 2.45) is 0 Å². The number of carbonyl (C=O) groups excluding carboxylic acids is 1. The summed E-state index contributed by atoms with van der Waals surface area (Å²) < 4.78 is 0. The predicted octanol–water partition coefficient (Wildman–Crippen LogP) is 4.34. The Morgan fingerprint density at radius 3 is 2.57 bits per heavy atom. The van der Waals surface area contributed by atoms with Crippen LogP contribution in [0.25, 0.3) is 0 Å². The summed E-state index contributed by atoms with van der Waals surface area (Å²) in [7, 11) is 0. The van der Waals surface area contributed by atoms with Gasteiger partial charge in [0.2, 0.25) is 0 Å². The highest BCUT2D eigenvalue weighted by Crippen LogP contribution is 2.35. The Morgan fingerprint density at radius 2 is 1.83 bits per heavy atom. The molecule has 2 atom stereocenters. The number of hydrogen-bond donors (Lipinski definition) is 1. The summed E-state index contributed by atoms with van der Waals surface area (Å²) in [6, 6.07) is 18.3. The number of fused-ring (bicyclic) bond motifs is 1. The fourth-order valence-electron chi connectivity index (χ4n) is 5.57. The van der Waals surface area contributed by atoms with Crippen LogP contribution in [0, 0.1) is 0 Å². The maximum Gasteiger partial charge on any atom is 0.254 e. The summed E-state index contributed by atoms with van der Waals surface area (Å²) in [4.78, 5) is 17.6. The molecule has 4 nitrogen and oxygen atoms in total. The summed E-state index contributed by atoms with van der Waals surface area (Å²) in [6.45, 7) is 7.40. The van der Waals surface area contributed by atoms with Gasteiger partial charge in [0.25, 0.3) is 5.91 Å². The van der Waals surface area contributed by atoms with Crippen molar-refractivity contribution < 1.29 is 4.79 Å².